The Bertz CT molecular complexity index is 371. The van der Waals surface area contributed by atoms with Crippen LogP contribution in [0.25, 0.3) is 0 Å². The van der Waals surface area contributed by atoms with E-state index in [4.69, 9.17) is 0 Å². The summed E-state index contributed by atoms with van der Waals surface area (Å²) < 4.78 is 0. The van der Waals surface area contributed by atoms with E-state index in [0.717, 1.165) is 12.0 Å². The first-order valence-electron chi connectivity index (χ1n) is 6.72. The summed E-state index contributed by atoms with van der Waals surface area (Å²) >= 11 is 0. The number of piperidine rings is 1. The lowest BCUT2D eigenvalue weighted by Gasteiger charge is -2.44. The summed E-state index contributed by atoms with van der Waals surface area (Å²) in [7, 11) is 0. The molecule has 0 radical (unpaired) electrons. The number of benzene rings is 1. The average Bonchev–Trinajstić information content (AvgIpc) is 2.37. The Morgan fingerprint density at radius 2 is 2.12 bits per heavy atom. The van der Waals surface area contributed by atoms with Gasteiger partial charge in [0.15, 0.2) is 0 Å². The van der Waals surface area contributed by atoms with Crippen molar-refractivity contribution in [3.63, 3.8) is 0 Å². The molecule has 0 bridgehead atoms. The molecule has 86 valence electrons. The first kappa shape index (κ1) is 10.3. The zero-order valence-corrected chi connectivity index (χ0v) is 10.2. The Balaban J connectivity index is 1.94. The zero-order valence-electron chi connectivity index (χ0n) is 10.2. The fraction of sp³-hybridized carbons (Fsp3) is 0.600. The van der Waals surface area contributed by atoms with Gasteiger partial charge >= 0.3 is 0 Å². The molecule has 2 atom stereocenters. The molecule has 1 saturated heterocycles. The molecule has 1 heterocycles. The van der Waals surface area contributed by atoms with Crippen LogP contribution in [0, 0.1) is 0 Å². The fourth-order valence-corrected chi connectivity index (χ4v) is 3.69. The van der Waals surface area contributed by atoms with Gasteiger partial charge in [0, 0.05) is 6.04 Å². The Morgan fingerprint density at radius 3 is 3.00 bits per heavy atom. The third kappa shape index (κ3) is 1.58. The second-order valence-corrected chi connectivity index (χ2v) is 5.18. The third-order valence-corrected chi connectivity index (χ3v) is 4.46. The van der Waals surface area contributed by atoms with E-state index in [9.17, 15) is 0 Å². The molecule has 1 aliphatic heterocycles. The van der Waals surface area contributed by atoms with Crippen LogP contribution in [0.3, 0.4) is 0 Å². The maximum absolute atomic E-state index is 2.70. The van der Waals surface area contributed by atoms with Crippen molar-refractivity contribution >= 4 is 0 Å². The molecule has 1 heteroatoms. The molecule has 1 aromatic rings. The number of fused-ring (bicyclic) bond motifs is 3. The van der Waals surface area contributed by atoms with Gasteiger partial charge in [-0.05, 0) is 55.8 Å². The third-order valence-electron chi connectivity index (χ3n) is 4.46. The van der Waals surface area contributed by atoms with Gasteiger partial charge in [0.05, 0.1) is 0 Å². The maximum atomic E-state index is 2.70. The Kier molecular flexibility index (Phi) is 2.72. The second kappa shape index (κ2) is 4.21. The first-order valence-corrected chi connectivity index (χ1v) is 6.72. The minimum absolute atomic E-state index is 0.818. The van der Waals surface area contributed by atoms with Crippen molar-refractivity contribution in [2.24, 2.45) is 0 Å². The molecule has 3 rings (SSSR count). The van der Waals surface area contributed by atoms with Gasteiger partial charge in [-0.15, -0.1) is 0 Å². The normalized spacial score (nSPS) is 29.6. The molecule has 1 aromatic carbocycles. The van der Waals surface area contributed by atoms with Gasteiger partial charge in [-0.3, -0.25) is 0 Å². The highest BCUT2D eigenvalue weighted by Crippen LogP contribution is 2.40. The highest BCUT2D eigenvalue weighted by Gasteiger charge is 2.34. The van der Waals surface area contributed by atoms with Crippen molar-refractivity contribution in [2.45, 2.75) is 44.6 Å². The van der Waals surface area contributed by atoms with Crippen LogP contribution >= 0.6 is 0 Å². The topological polar surface area (TPSA) is 3.24 Å². The standard InChI is InChI=1S/C15H21N/c1-2-16-11-5-8-14-13-7-4-3-6-12(13)9-10-15(14)16/h3-4,6-7,14-15H,2,5,8-11H2,1H3/t14-,15-/m0/s1. The Hall–Kier alpha value is -0.820. The smallest absolute Gasteiger partial charge is 0.0167 e. The van der Waals surface area contributed by atoms with Crippen molar-refractivity contribution in [2.75, 3.05) is 13.1 Å². The molecule has 0 unspecified atom stereocenters. The molecule has 0 aromatic heterocycles. The van der Waals surface area contributed by atoms with E-state index in [1.165, 1.54) is 38.8 Å². The van der Waals surface area contributed by atoms with Crippen molar-refractivity contribution in [3.8, 4) is 0 Å². The van der Waals surface area contributed by atoms with Crippen LogP contribution in [-0.4, -0.2) is 24.0 Å². The summed E-state index contributed by atoms with van der Waals surface area (Å²) in [5.74, 6) is 0.818. The van der Waals surface area contributed by atoms with Crippen LogP contribution in [0.1, 0.15) is 43.2 Å². The average molecular weight is 215 g/mol. The number of likely N-dealkylation sites (tertiary alicyclic amines) is 1. The van der Waals surface area contributed by atoms with Crippen LogP contribution in [0.2, 0.25) is 0 Å². The van der Waals surface area contributed by atoms with Crippen LogP contribution in [-0.2, 0) is 6.42 Å². The zero-order chi connectivity index (χ0) is 11.0. The minimum Gasteiger partial charge on any atom is -0.300 e. The lowest BCUT2D eigenvalue weighted by atomic mass is 9.74. The van der Waals surface area contributed by atoms with Gasteiger partial charge < -0.3 is 4.90 Å². The molecule has 1 aliphatic carbocycles. The van der Waals surface area contributed by atoms with Gasteiger partial charge in [0.25, 0.3) is 0 Å². The highest BCUT2D eigenvalue weighted by atomic mass is 15.2. The van der Waals surface area contributed by atoms with E-state index in [2.05, 4.69) is 36.1 Å². The molecule has 0 saturated carbocycles. The molecule has 2 aliphatic rings. The summed E-state index contributed by atoms with van der Waals surface area (Å²) in [4.78, 5) is 2.70. The van der Waals surface area contributed by atoms with E-state index in [0.29, 0.717) is 0 Å². The summed E-state index contributed by atoms with van der Waals surface area (Å²) in [6.45, 7) is 4.85. The first-order chi connectivity index (χ1) is 7.90. The molecule has 1 nitrogen and oxygen atoms in total. The quantitative estimate of drug-likeness (QED) is 0.695. The van der Waals surface area contributed by atoms with Gasteiger partial charge in [0.2, 0.25) is 0 Å². The fourth-order valence-electron chi connectivity index (χ4n) is 3.69. The van der Waals surface area contributed by atoms with E-state index in [1.807, 2.05) is 0 Å². The van der Waals surface area contributed by atoms with E-state index in [1.54, 1.807) is 11.1 Å². The van der Waals surface area contributed by atoms with E-state index in [-0.39, 0.29) is 0 Å². The van der Waals surface area contributed by atoms with Crippen molar-refractivity contribution in [1.29, 1.82) is 0 Å². The van der Waals surface area contributed by atoms with Crippen molar-refractivity contribution in [1.82, 2.24) is 4.90 Å². The molecular weight excluding hydrogens is 194 g/mol. The summed E-state index contributed by atoms with van der Waals surface area (Å²) in [5, 5.41) is 0. The number of hydrogen-bond donors (Lipinski definition) is 0. The van der Waals surface area contributed by atoms with Gasteiger partial charge in [-0.25, -0.2) is 0 Å². The van der Waals surface area contributed by atoms with Crippen LogP contribution in [0.15, 0.2) is 24.3 Å². The number of hydrogen-bond acceptors (Lipinski definition) is 1. The molecule has 0 spiro atoms. The van der Waals surface area contributed by atoms with Crippen molar-refractivity contribution in [3.05, 3.63) is 35.4 Å². The van der Waals surface area contributed by atoms with Gasteiger partial charge in [-0.2, -0.15) is 0 Å². The maximum Gasteiger partial charge on any atom is 0.0167 e. The SMILES string of the molecule is CCN1CCC[C@H]2c3ccccc3CC[C@@H]21. The number of nitrogens with zero attached hydrogens (tertiary/aromatic N) is 1. The predicted octanol–water partition coefficient (Wildman–Crippen LogP) is 3.20. The Labute approximate surface area is 98.5 Å². The monoisotopic (exact) mass is 215 g/mol. The van der Waals surface area contributed by atoms with Crippen LogP contribution in [0.5, 0.6) is 0 Å². The summed E-state index contributed by atoms with van der Waals surface area (Å²) in [6.07, 6.45) is 5.44. The van der Waals surface area contributed by atoms with Gasteiger partial charge in [0.1, 0.15) is 0 Å². The minimum atomic E-state index is 0.818. The van der Waals surface area contributed by atoms with Crippen molar-refractivity contribution < 1.29 is 0 Å². The summed E-state index contributed by atoms with van der Waals surface area (Å²) in [6, 6.07) is 9.93. The molecule has 0 amide bonds. The largest absolute Gasteiger partial charge is 0.300 e. The second-order valence-electron chi connectivity index (χ2n) is 5.18. The van der Waals surface area contributed by atoms with E-state index < -0.39 is 0 Å². The molecule has 0 N–H and O–H groups in total. The number of likely N-dealkylation sites (N-methyl/N-ethyl adjacent to an activating group) is 1. The van der Waals surface area contributed by atoms with Gasteiger partial charge in [-0.1, -0.05) is 31.2 Å². The van der Waals surface area contributed by atoms with Crippen LogP contribution in [0.4, 0.5) is 0 Å². The molecule has 16 heavy (non-hydrogen) atoms. The van der Waals surface area contributed by atoms with Crippen LogP contribution < -0.4 is 0 Å². The lowest BCUT2D eigenvalue weighted by Crippen LogP contribution is -2.46. The number of rotatable bonds is 1. The predicted molar refractivity (Wildman–Crippen MR) is 67.8 cm³/mol. The lowest BCUT2D eigenvalue weighted by molar-refractivity contribution is 0.119. The number of aryl methyl sites for hydroxylation is 1. The Morgan fingerprint density at radius 1 is 1.25 bits per heavy atom. The highest BCUT2D eigenvalue weighted by molar-refractivity contribution is 5.34. The summed E-state index contributed by atoms with van der Waals surface area (Å²) in [5.41, 5.74) is 3.26. The van der Waals surface area contributed by atoms with E-state index >= 15 is 0 Å². The molecule has 1 fully saturated rings. The molecular formula is C15H21N.